The van der Waals surface area contributed by atoms with Gasteiger partial charge in [0.1, 0.15) is 0 Å². The highest BCUT2D eigenvalue weighted by Crippen LogP contribution is 2.35. The molecule has 2 aromatic carbocycles. The molecule has 0 bridgehead atoms. The molecular weight excluding hydrogens is 421 g/mol. The maximum atomic E-state index is 13.4. The Bertz CT molecular complexity index is 991. The van der Waals surface area contributed by atoms with Crippen molar-refractivity contribution in [2.45, 2.75) is 20.0 Å². The maximum absolute atomic E-state index is 13.4. The number of nitrogens with zero attached hydrogens (tertiary/aromatic N) is 1. The summed E-state index contributed by atoms with van der Waals surface area (Å²) >= 11 is 3.32. The molecule has 140 valence electrons. The number of aromatic nitrogens is 1. The molecule has 0 radical (unpaired) electrons. The van der Waals surface area contributed by atoms with E-state index in [0.717, 1.165) is 10.5 Å². The monoisotopic (exact) mass is 436 g/mol. The Morgan fingerprint density at radius 3 is 2.30 bits per heavy atom. The van der Waals surface area contributed by atoms with Gasteiger partial charge < -0.3 is 9.88 Å². The second-order valence-electron chi connectivity index (χ2n) is 6.12. The molecule has 0 fully saturated rings. The van der Waals surface area contributed by atoms with E-state index in [0.29, 0.717) is 22.5 Å². The van der Waals surface area contributed by atoms with Crippen molar-refractivity contribution in [1.82, 2.24) is 4.57 Å². The van der Waals surface area contributed by atoms with Crippen LogP contribution in [-0.4, -0.2) is 10.5 Å². The van der Waals surface area contributed by atoms with Gasteiger partial charge in [-0.15, -0.1) is 0 Å². The van der Waals surface area contributed by atoms with Crippen LogP contribution < -0.4 is 5.32 Å². The third-order valence-corrected chi connectivity index (χ3v) is 4.77. The van der Waals surface area contributed by atoms with Crippen molar-refractivity contribution in [3.05, 3.63) is 81.6 Å². The number of carbonyl (C=O) groups is 1. The topological polar surface area (TPSA) is 34.0 Å². The molecule has 1 heterocycles. The molecule has 27 heavy (non-hydrogen) atoms. The lowest BCUT2D eigenvalue weighted by Crippen LogP contribution is -2.15. The molecular formula is C20H16BrF3N2O. The zero-order valence-electron chi connectivity index (χ0n) is 14.6. The van der Waals surface area contributed by atoms with Crippen LogP contribution in [-0.2, 0) is 6.18 Å². The largest absolute Gasteiger partial charge is 0.418 e. The number of anilines is 1. The lowest BCUT2D eigenvalue weighted by Gasteiger charge is -2.15. The van der Waals surface area contributed by atoms with E-state index in [9.17, 15) is 18.0 Å². The van der Waals surface area contributed by atoms with Crippen molar-refractivity contribution >= 4 is 27.5 Å². The van der Waals surface area contributed by atoms with Crippen LogP contribution in [0.2, 0.25) is 0 Å². The van der Waals surface area contributed by atoms with Crippen LogP contribution in [0.1, 0.15) is 27.2 Å². The second kappa shape index (κ2) is 7.23. The number of aryl methyl sites for hydroxylation is 1. The molecule has 1 N–H and O–H groups in total. The highest BCUT2D eigenvalue weighted by molar-refractivity contribution is 9.10. The molecule has 3 nitrogen and oxygen atoms in total. The van der Waals surface area contributed by atoms with E-state index in [-0.39, 0.29) is 11.6 Å². The lowest BCUT2D eigenvalue weighted by molar-refractivity contribution is -0.137. The van der Waals surface area contributed by atoms with Gasteiger partial charge in [-0.3, -0.25) is 4.79 Å². The third kappa shape index (κ3) is 3.93. The fraction of sp³-hybridized carbons (Fsp3) is 0.150. The predicted molar refractivity (Wildman–Crippen MR) is 102 cm³/mol. The van der Waals surface area contributed by atoms with Crippen LogP contribution in [0, 0.1) is 13.8 Å². The highest BCUT2D eigenvalue weighted by atomic mass is 79.9. The standard InChI is InChI=1S/C20H16BrF3N2O/c1-12-11-26(17-6-4-3-5-16(17)20(22,23)24)13(2)18(12)19(27)25-15-9-7-14(21)8-10-15/h3-11H,1-2H3,(H,25,27). The van der Waals surface area contributed by atoms with E-state index in [1.54, 1.807) is 50.4 Å². The molecule has 3 aromatic rings. The van der Waals surface area contributed by atoms with E-state index < -0.39 is 11.7 Å². The van der Waals surface area contributed by atoms with E-state index >= 15 is 0 Å². The Kier molecular flexibility index (Phi) is 5.15. The molecule has 0 saturated carbocycles. The van der Waals surface area contributed by atoms with E-state index in [2.05, 4.69) is 21.2 Å². The number of alkyl halides is 3. The van der Waals surface area contributed by atoms with Gasteiger partial charge in [-0.05, 0) is 55.8 Å². The van der Waals surface area contributed by atoms with Gasteiger partial charge in [0.25, 0.3) is 5.91 Å². The van der Waals surface area contributed by atoms with Crippen LogP contribution in [0.3, 0.4) is 0 Å². The van der Waals surface area contributed by atoms with E-state index in [1.807, 2.05) is 0 Å². The molecule has 0 unspecified atom stereocenters. The molecule has 0 spiro atoms. The zero-order chi connectivity index (χ0) is 19.8. The summed E-state index contributed by atoms with van der Waals surface area (Å²) in [5.41, 5.74) is 1.24. The Morgan fingerprint density at radius 1 is 1.04 bits per heavy atom. The normalized spacial score (nSPS) is 11.5. The molecule has 1 amide bonds. The fourth-order valence-corrected chi connectivity index (χ4v) is 3.27. The first kappa shape index (κ1) is 19.2. The fourth-order valence-electron chi connectivity index (χ4n) is 3.00. The van der Waals surface area contributed by atoms with E-state index in [4.69, 9.17) is 0 Å². The molecule has 1 aromatic heterocycles. The molecule has 0 aliphatic heterocycles. The Labute approximate surface area is 163 Å². The number of para-hydroxylation sites is 1. The average Bonchev–Trinajstić information content (AvgIpc) is 2.90. The lowest BCUT2D eigenvalue weighted by atomic mass is 10.1. The number of hydrogen-bond donors (Lipinski definition) is 1. The summed E-state index contributed by atoms with van der Waals surface area (Å²) in [6.07, 6.45) is -2.93. The first-order valence-corrected chi connectivity index (χ1v) is 8.90. The van der Waals surface area contributed by atoms with Gasteiger partial charge >= 0.3 is 6.18 Å². The van der Waals surface area contributed by atoms with Gasteiger partial charge in [0.15, 0.2) is 0 Å². The SMILES string of the molecule is Cc1cn(-c2ccccc2C(F)(F)F)c(C)c1C(=O)Nc1ccc(Br)cc1. The van der Waals surface area contributed by atoms with Crippen LogP contribution in [0.15, 0.2) is 59.2 Å². The first-order valence-electron chi connectivity index (χ1n) is 8.10. The van der Waals surface area contributed by atoms with E-state index in [1.165, 1.54) is 16.7 Å². The summed E-state index contributed by atoms with van der Waals surface area (Å²) in [5, 5.41) is 2.78. The smallest absolute Gasteiger partial charge is 0.322 e. The molecule has 7 heteroatoms. The van der Waals surface area contributed by atoms with Gasteiger partial charge in [-0.25, -0.2) is 0 Å². The van der Waals surface area contributed by atoms with Gasteiger partial charge in [0, 0.05) is 22.1 Å². The molecule has 0 aliphatic rings. The summed E-state index contributed by atoms with van der Waals surface area (Å²) in [6.45, 7) is 3.34. The minimum Gasteiger partial charge on any atom is -0.322 e. The van der Waals surface area contributed by atoms with Crippen molar-refractivity contribution in [3.8, 4) is 5.69 Å². The summed E-state index contributed by atoms with van der Waals surface area (Å²) in [7, 11) is 0. The van der Waals surface area contributed by atoms with Crippen LogP contribution in [0.25, 0.3) is 5.69 Å². The highest BCUT2D eigenvalue weighted by Gasteiger charge is 2.34. The second-order valence-corrected chi connectivity index (χ2v) is 7.03. The van der Waals surface area contributed by atoms with Crippen LogP contribution >= 0.6 is 15.9 Å². The summed E-state index contributed by atoms with van der Waals surface area (Å²) < 4.78 is 42.4. The van der Waals surface area contributed by atoms with Crippen molar-refractivity contribution in [3.63, 3.8) is 0 Å². The van der Waals surface area contributed by atoms with Gasteiger partial charge in [0.2, 0.25) is 0 Å². The van der Waals surface area contributed by atoms with Crippen LogP contribution in [0.4, 0.5) is 18.9 Å². The van der Waals surface area contributed by atoms with Crippen molar-refractivity contribution in [2.24, 2.45) is 0 Å². The summed E-state index contributed by atoms with van der Waals surface area (Å²) in [4.78, 5) is 12.7. The summed E-state index contributed by atoms with van der Waals surface area (Å²) in [6, 6.07) is 12.4. The maximum Gasteiger partial charge on any atom is 0.418 e. The van der Waals surface area contributed by atoms with Crippen molar-refractivity contribution < 1.29 is 18.0 Å². The van der Waals surface area contributed by atoms with Gasteiger partial charge in [0.05, 0.1) is 16.8 Å². The summed E-state index contributed by atoms with van der Waals surface area (Å²) in [5.74, 6) is -0.365. The Balaban J connectivity index is 2.01. The molecule has 0 atom stereocenters. The minimum atomic E-state index is -4.49. The van der Waals surface area contributed by atoms with Gasteiger partial charge in [-0.1, -0.05) is 28.1 Å². The molecule has 0 saturated heterocycles. The number of nitrogens with one attached hydrogen (secondary N) is 1. The average molecular weight is 437 g/mol. The zero-order valence-corrected chi connectivity index (χ0v) is 16.1. The molecule has 3 rings (SSSR count). The number of hydrogen-bond acceptors (Lipinski definition) is 1. The first-order chi connectivity index (χ1) is 12.7. The number of halogens is 4. The number of carbonyl (C=O) groups excluding carboxylic acids is 1. The number of rotatable bonds is 3. The van der Waals surface area contributed by atoms with Crippen molar-refractivity contribution in [1.29, 1.82) is 0 Å². The quantitative estimate of drug-likeness (QED) is 0.526. The molecule has 0 aliphatic carbocycles. The van der Waals surface area contributed by atoms with Gasteiger partial charge in [-0.2, -0.15) is 13.2 Å². The third-order valence-electron chi connectivity index (χ3n) is 4.24. The number of benzene rings is 2. The Morgan fingerprint density at radius 2 is 1.67 bits per heavy atom. The van der Waals surface area contributed by atoms with Crippen LogP contribution in [0.5, 0.6) is 0 Å². The number of amides is 1. The Hall–Kier alpha value is -2.54. The van der Waals surface area contributed by atoms with Crippen molar-refractivity contribution in [2.75, 3.05) is 5.32 Å². The predicted octanol–water partition coefficient (Wildman–Crippen LogP) is 6.13. The minimum absolute atomic E-state index is 0.00621.